The Hall–Kier alpha value is -3.17. The Bertz CT molecular complexity index is 1130. The highest BCUT2D eigenvalue weighted by Crippen LogP contribution is 2.36. The average Bonchev–Trinajstić information content (AvgIpc) is 2.73. The third-order valence-corrected chi connectivity index (χ3v) is 5.31. The van der Waals surface area contributed by atoms with Crippen LogP contribution in [0, 0.1) is 5.92 Å². The first-order valence-corrected chi connectivity index (χ1v) is 10.1. The molecule has 3 N–H and O–H groups in total. The minimum Gasteiger partial charge on any atom is -0.326 e. The van der Waals surface area contributed by atoms with Crippen molar-refractivity contribution in [1.82, 2.24) is 0 Å². The number of nitrogens with zero attached hydrogens (tertiary/aromatic N) is 1. The van der Waals surface area contributed by atoms with Crippen LogP contribution >= 0.6 is 0 Å². The molecule has 0 aliphatic rings. The number of fused-ring (bicyclic) bond motifs is 1. The zero-order valence-corrected chi connectivity index (χ0v) is 17.0. The molecule has 0 amide bonds. The van der Waals surface area contributed by atoms with Crippen LogP contribution in [0.15, 0.2) is 79.1 Å². The molecule has 1 heterocycles. The second-order valence-electron chi connectivity index (χ2n) is 8.01. The van der Waals surface area contributed by atoms with Gasteiger partial charge in [0, 0.05) is 16.8 Å². The summed E-state index contributed by atoms with van der Waals surface area (Å²) in [5, 5.41) is 12.5. The van der Waals surface area contributed by atoms with Crippen molar-refractivity contribution in [2.45, 2.75) is 26.8 Å². The van der Waals surface area contributed by atoms with Gasteiger partial charge in [0.15, 0.2) is 0 Å². The smallest absolute Gasteiger partial charge is 0.230 e. The second-order valence-corrected chi connectivity index (χ2v) is 8.01. The molecule has 3 nitrogen and oxygen atoms in total. The van der Waals surface area contributed by atoms with Crippen LogP contribution in [-0.4, -0.2) is 5.21 Å². The summed E-state index contributed by atoms with van der Waals surface area (Å²) in [5.41, 5.74) is 12.7. The van der Waals surface area contributed by atoms with Gasteiger partial charge in [-0.25, -0.2) is 0 Å². The molecule has 0 aliphatic heterocycles. The summed E-state index contributed by atoms with van der Waals surface area (Å²) in [6.45, 7) is 4.94. The molecule has 29 heavy (non-hydrogen) atoms. The first kappa shape index (κ1) is 19.2. The van der Waals surface area contributed by atoms with Crippen molar-refractivity contribution in [3.05, 3.63) is 90.3 Å². The van der Waals surface area contributed by atoms with Gasteiger partial charge in [0.25, 0.3) is 0 Å². The van der Waals surface area contributed by atoms with Crippen LogP contribution in [0.5, 0.6) is 0 Å². The van der Waals surface area contributed by atoms with Crippen LogP contribution in [0.4, 0.5) is 0 Å². The lowest BCUT2D eigenvalue weighted by Gasteiger charge is -2.14. The quantitative estimate of drug-likeness (QED) is 0.360. The monoisotopic (exact) mass is 383 g/mol. The van der Waals surface area contributed by atoms with Crippen molar-refractivity contribution in [3.63, 3.8) is 0 Å². The standard InChI is InChI=1S/C26H27N2O/c1-18(2)12-22-16-28(29)17-23-13-25(20-6-4-3-5-7-20)26(14-24(22)23)21-10-8-19(15-27)9-11-21/h3-11,13-14,16-18,29H,12,15,27H2,1-2H3/q+1. The lowest BCUT2D eigenvalue weighted by Crippen LogP contribution is -2.29. The Morgan fingerprint density at radius 1 is 0.862 bits per heavy atom. The van der Waals surface area contributed by atoms with Gasteiger partial charge < -0.3 is 5.73 Å². The summed E-state index contributed by atoms with van der Waals surface area (Å²) < 4.78 is 1.19. The van der Waals surface area contributed by atoms with E-state index in [1.54, 1.807) is 6.20 Å². The van der Waals surface area contributed by atoms with Gasteiger partial charge in [0.05, 0.1) is 5.39 Å². The maximum absolute atomic E-state index is 10.2. The third kappa shape index (κ3) is 4.01. The summed E-state index contributed by atoms with van der Waals surface area (Å²) in [6.07, 6.45) is 4.52. The number of hydrogen-bond acceptors (Lipinski definition) is 2. The maximum Gasteiger partial charge on any atom is 0.230 e. The van der Waals surface area contributed by atoms with Gasteiger partial charge in [0.2, 0.25) is 12.4 Å². The highest BCUT2D eigenvalue weighted by atomic mass is 16.5. The number of rotatable bonds is 5. The Labute approximate surface area is 172 Å². The number of nitrogens with two attached hydrogens (primary N) is 1. The van der Waals surface area contributed by atoms with E-state index in [2.05, 4.69) is 74.5 Å². The van der Waals surface area contributed by atoms with Crippen LogP contribution in [0.25, 0.3) is 33.0 Å². The van der Waals surface area contributed by atoms with E-state index in [-0.39, 0.29) is 0 Å². The van der Waals surface area contributed by atoms with Gasteiger partial charge in [0.1, 0.15) is 0 Å². The Balaban J connectivity index is 2.00. The fourth-order valence-corrected chi connectivity index (χ4v) is 3.93. The molecule has 4 aromatic rings. The van der Waals surface area contributed by atoms with E-state index < -0.39 is 0 Å². The predicted molar refractivity (Wildman–Crippen MR) is 119 cm³/mol. The molecule has 0 aliphatic carbocycles. The molecule has 4 rings (SSSR count). The Morgan fingerprint density at radius 3 is 2.17 bits per heavy atom. The zero-order valence-electron chi connectivity index (χ0n) is 17.0. The molecule has 3 aromatic carbocycles. The predicted octanol–water partition coefficient (Wildman–Crippen LogP) is 5.36. The highest BCUT2D eigenvalue weighted by Gasteiger charge is 2.16. The molecule has 0 spiro atoms. The Kier molecular flexibility index (Phi) is 5.32. The average molecular weight is 384 g/mol. The fraction of sp³-hybridized carbons (Fsp3) is 0.192. The van der Waals surface area contributed by atoms with Gasteiger partial charge >= 0.3 is 0 Å². The fourth-order valence-electron chi connectivity index (χ4n) is 3.93. The molecule has 0 saturated carbocycles. The Morgan fingerprint density at radius 2 is 1.52 bits per heavy atom. The lowest BCUT2D eigenvalue weighted by molar-refractivity contribution is -0.904. The molecule has 0 fully saturated rings. The normalized spacial score (nSPS) is 11.3. The lowest BCUT2D eigenvalue weighted by atomic mass is 9.89. The van der Waals surface area contributed by atoms with Crippen LogP contribution in [0.1, 0.15) is 25.0 Å². The van der Waals surface area contributed by atoms with E-state index in [1.807, 2.05) is 12.3 Å². The third-order valence-electron chi connectivity index (χ3n) is 5.31. The van der Waals surface area contributed by atoms with Crippen molar-refractivity contribution < 1.29 is 9.94 Å². The molecule has 0 atom stereocenters. The van der Waals surface area contributed by atoms with Gasteiger partial charge in [-0.15, -0.1) is 0 Å². The second kappa shape index (κ2) is 8.06. The van der Waals surface area contributed by atoms with Crippen molar-refractivity contribution in [3.8, 4) is 22.3 Å². The van der Waals surface area contributed by atoms with E-state index in [0.29, 0.717) is 12.5 Å². The molecule has 146 valence electrons. The largest absolute Gasteiger partial charge is 0.326 e. The number of pyridine rings is 1. The van der Waals surface area contributed by atoms with Crippen molar-refractivity contribution in [2.24, 2.45) is 11.7 Å². The van der Waals surface area contributed by atoms with E-state index in [9.17, 15) is 5.21 Å². The summed E-state index contributed by atoms with van der Waals surface area (Å²) in [7, 11) is 0. The van der Waals surface area contributed by atoms with E-state index >= 15 is 0 Å². The molecule has 1 aromatic heterocycles. The molecule has 0 unspecified atom stereocenters. The van der Waals surface area contributed by atoms with Crippen molar-refractivity contribution in [1.29, 1.82) is 0 Å². The van der Waals surface area contributed by atoms with Gasteiger partial charge in [-0.2, -0.15) is 0 Å². The number of aromatic nitrogens is 1. The summed E-state index contributed by atoms with van der Waals surface area (Å²) in [4.78, 5) is 0. The van der Waals surface area contributed by atoms with E-state index in [0.717, 1.165) is 34.1 Å². The van der Waals surface area contributed by atoms with Gasteiger partial charge in [-0.05, 0) is 57.7 Å². The zero-order chi connectivity index (χ0) is 20.4. The van der Waals surface area contributed by atoms with Crippen LogP contribution in [0.3, 0.4) is 0 Å². The molecule has 0 radical (unpaired) electrons. The molecule has 0 saturated heterocycles. The first-order chi connectivity index (χ1) is 14.0. The van der Waals surface area contributed by atoms with E-state index in [1.165, 1.54) is 21.2 Å². The van der Waals surface area contributed by atoms with Gasteiger partial charge in [-0.3, -0.25) is 5.21 Å². The molecular formula is C26H27N2O+. The van der Waals surface area contributed by atoms with Crippen LogP contribution in [-0.2, 0) is 13.0 Å². The van der Waals surface area contributed by atoms with E-state index in [4.69, 9.17) is 5.73 Å². The van der Waals surface area contributed by atoms with Gasteiger partial charge in [-0.1, -0.05) is 68.4 Å². The van der Waals surface area contributed by atoms with Crippen LogP contribution in [0.2, 0.25) is 0 Å². The summed E-state index contributed by atoms with van der Waals surface area (Å²) >= 11 is 0. The SMILES string of the molecule is CC(C)Cc1c[n+](O)cc2cc(-c3ccccc3)c(-c3ccc(CN)cc3)cc12. The highest BCUT2D eigenvalue weighted by molar-refractivity contribution is 5.97. The number of hydrogen-bond donors (Lipinski definition) is 2. The summed E-state index contributed by atoms with van der Waals surface area (Å²) in [5.74, 6) is 0.502. The van der Waals surface area contributed by atoms with Crippen molar-refractivity contribution >= 4 is 10.8 Å². The topological polar surface area (TPSA) is 50.1 Å². The van der Waals surface area contributed by atoms with Crippen LogP contribution < -0.4 is 10.5 Å². The minimum atomic E-state index is 0.502. The maximum atomic E-state index is 10.2. The number of benzene rings is 3. The summed E-state index contributed by atoms with van der Waals surface area (Å²) in [6, 6.07) is 23.3. The molecule has 0 bridgehead atoms. The minimum absolute atomic E-state index is 0.502. The first-order valence-electron chi connectivity index (χ1n) is 10.1. The molecular weight excluding hydrogens is 356 g/mol. The molecule has 3 heteroatoms. The van der Waals surface area contributed by atoms with Crippen molar-refractivity contribution in [2.75, 3.05) is 0 Å².